The van der Waals surface area contributed by atoms with Gasteiger partial charge in [0.25, 0.3) is 0 Å². The predicted molar refractivity (Wildman–Crippen MR) is 118 cm³/mol. The highest BCUT2D eigenvalue weighted by Crippen LogP contribution is 2.00. The zero-order chi connectivity index (χ0) is 22.7. The lowest BCUT2D eigenvalue weighted by Crippen LogP contribution is -2.49. The summed E-state index contributed by atoms with van der Waals surface area (Å²) in [7, 11) is 10.6. The predicted octanol–water partition coefficient (Wildman–Crippen LogP) is -2.24. The summed E-state index contributed by atoms with van der Waals surface area (Å²) >= 11 is 0. The smallest absolute Gasteiger partial charge is 0.236 e. The van der Waals surface area contributed by atoms with Crippen LogP contribution in [0.15, 0.2) is 0 Å². The molecule has 1 aliphatic heterocycles. The Morgan fingerprint density at radius 1 is 0.567 bits per heavy atom. The van der Waals surface area contributed by atoms with Crippen LogP contribution in [0.1, 0.15) is 0 Å². The molecule has 1 fully saturated rings. The van der Waals surface area contributed by atoms with Crippen LogP contribution in [-0.4, -0.2) is 161 Å². The third-order valence-corrected chi connectivity index (χ3v) is 5.25. The van der Waals surface area contributed by atoms with Crippen molar-refractivity contribution in [2.75, 3.05) is 114 Å². The topological polar surface area (TPSA) is 82.7 Å². The van der Waals surface area contributed by atoms with E-state index in [9.17, 15) is 14.4 Å². The average molecular weight is 428 g/mol. The summed E-state index contributed by atoms with van der Waals surface area (Å²) in [6.07, 6.45) is 0. The molecule has 1 saturated heterocycles. The highest BCUT2D eigenvalue weighted by atomic mass is 16.2. The van der Waals surface area contributed by atoms with Crippen LogP contribution in [0.4, 0.5) is 0 Å². The molecule has 1 aliphatic rings. The number of hydrogen-bond donors (Lipinski definition) is 1. The molecule has 1 N–H and O–H groups in total. The molecule has 1 rings (SSSR count). The standard InChI is InChI=1S/C20H41N7O3/c1-22(2)18(28)15-25-9-7-21-8-10-26(16-19(29)23(3)4)12-14-27(13-11-25)17-20(30)24(5)6/h21H,7-17H2,1-6H3. The van der Waals surface area contributed by atoms with Crippen LogP contribution in [0.2, 0.25) is 0 Å². The second-order valence-electron chi connectivity index (χ2n) is 8.44. The summed E-state index contributed by atoms with van der Waals surface area (Å²) in [5.41, 5.74) is 0. The maximum Gasteiger partial charge on any atom is 0.236 e. The monoisotopic (exact) mass is 427 g/mol. The van der Waals surface area contributed by atoms with Crippen molar-refractivity contribution in [2.45, 2.75) is 0 Å². The molecule has 0 unspecified atom stereocenters. The summed E-state index contributed by atoms with van der Waals surface area (Å²) in [6.45, 7) is 6.91. The lowest BCUT2D eigenvalue weighted by molar-refractivity contribution is -0.131. The number of amides is 3. The maximum absolute atomic E-state index is 12.3. The van der Waals surface area contributed by atoms with Gasteiger partial charge in [0.1, 0.15) is 0 Å². The summed E-state index contributed by atoms with van der Waals surface area (Å²) in [6, 6.07) is 0. The molecule has 1 heterocycles. The molecule has 0 aromatic carbocycles. The van der Waals surface area contributed by atoms with E-state index in [4.69, 9.17) is 0 Å². The van der Waals surface area contributed by atoms with Gasteiger partial charge in [-0.3, -0.25) is 29.1 Å². The molecule has 0 aromatic rings. The molecule has 10 heteroatoms. The molecule has 0 aliphatic carbocycles. The van der Waals surface area contributed by atoms with Gasteiger partial charge < -0.3 is 20.0 Å². The van der Waals surface area contributed by atoms with Crippen LogP contribution in [-0.2, 0) is 14.4 Å². The molecule has 30 heavy (non-hydrogen) atoms. The second-order valence-corrected chi connectivity index (χ2v) is 8.44. The van der Waals surface area contributed by atoms with E-state index >= 15 is 0 Å². The summed E-state index contributed by atoms with van der Waals surface area (Å²) in [5.74, 6) is 0.202. The molecule has 0 atom stereocenters. The Morgan fingerprint density at radius 3 is 1.10 bits per heavy atom. The van der Waals surface area contributed by atoms with Gasteiger partial charge in [0.05, 0.1) is 19.6 Å². The zero-order valence-electron chi connectivity index (χ0n) is 19.7. The Kier molecular flexibility index (Phi) is 11.9. The fourth-order valence-corrected chi connectivity index (χ4v) is 2.97. The zero-order valence-corrected chi connectivity index (χ0v) is 19.7. The first-order chi connectivity index (χ1) is 14.1. The van der Waals surface area contributed by atoms with E-state index in [1.807, 2.05) is 0 Å². The number of rotatable bonds is 6. The molecule has 3 amide bonds. The molecule has 0 spiro atoms. The molecular weight excluding hydrogens is 386 g/mol. The maximum atomic E-state index is 12.3. The third kappa shape index (κ3) is 10.3. The van der Waals surface area contributed by atoms with Crippen LogP contribution in [0, 0.1) is 0 Å². The van der Waals surface area contributed by atoms with Crippen molar-refractivity contribution in [2.24, 2.45) is 0 Å². The lowest BCUT2D eigenvalue weighted by Gasteiger charge is -2.32. The highest BCUT2D eigenvalue weighted by molar-refractivity contribution is 5.78. The molecule has 0 saturated carbocycles. The Hall–Kier alpha value is -1.75. The number of nitrogens with zero attached hydrogens (tertiary/aromatic N) is 6. The number of hydrogen-bond acceptors (Lipinski definition) is 7. The van der Waals surface area contributed by atoms with Gasteiger partial charge in [0.15, 0.2) is 0 Å². The first-order valence-electron chi connectivity index (χ1n) is 10.6. The van der Waals surface area contributed by atoms with Gasteiger partial charge in [-0.05, 0) is 0 Å². The van der Waals surface area contributed by atoms with Crippen LogP contribution in [0.25, 0.3) is 0 Å². The van der Waals surface area contributed by atoms with E-state index in [1.54, 1.807) is 57.0 Å². The third-order valence-electron chi connectivity index (χ3n) is 5.25. The first-order valence-corrected chi connectivity index (χ1v) is 10.6. The van der Waals surface area contributed by atoms with E-state index in [1.165, 1.54) is 0 Å². The van der Waals surface area contributed by atoms with Crippen molar-refractivity contribution in [3.05, 3.63) is 0 Å². The van der Waals surface area contributed by atoms with E-state index in [0.29, 0.717) is 45.8 Å². The fraction of sp³-hybridized carbons (Fsp3) is 0.850. The Morgan fingerprint density at radius 2 is 0.833 bits per heavy atom. The van der Waals surface area contributed by atoms with Gasteiger partial charge in [0, 0.05) is 94.6 Å². The van der Waals surface area contributed by atoms with Crippen LogP contribution in [0.5, 0.6) is 0 Å². The highest BCUT2D eigenvalue weighted by Gasteiger charge is 2.19. The minimum absolute atomic E-state index is 0.0515. The summed E-state index contributed by atoms with van der Waals surface area (Å²) in [5, 5.41) is 3.42. The quantitative estimate of drug-likeness (QED) is 0.513. The molecule has 0 bridgehead atoms. The van der Waals surface area contributed by atoms with Gasteiger partial charge in [-0.1, -0.05) is 0 Å². The normalized spacial score (nSPS) is 18.2. The first kappa shape index (κ1) is 26.3. The molecule has 0 aromatic heterocycles. The van der Waals surface area contributed by atoms with Gasteiger partial charge in [-0.2, -0.15) is 0 Å². The minimum Gasteiger partial charge on any atom is -0.348 e. The van der Waals surface area contributed by atoms with Gasteiger partial charge in [-0.15, -0.1) is 0 Å². The van der Waals surface area contributed by atoms with Crippen molar-refractivity contribution < 1.29 is 14.4 Å². The molecular formula is C20H41N7O3. The van der Waals surface area contributed by atoms with E-state index in [-0.39, 0.29) is 17.7 Å². The largest absolute Gasteiger partial charge is 0.348 e. The summed E-state index contributed by atoms with van der Waals surface area (Å²) in [4.78, 5) is 47.9. The van der Waals surface area contributed by atoms with Crippen molar-refractivity contribution in [3.8, 4) is 0 Å². The molecule has 10 nitrogen and oxygen atoms in total. The minimum atomic E-state index is 0.0515. The van der Waals surface area contributed by atoms with Crippen molar-refractivity contribution >= 4 is 17.7 Å². The van der Waals surface area contributed by atoms with Crippen LogP contribution in [0.3, 0.4) is 0 Å². The van der Waals surface area contributed by atoms with Crippen LogP contribution >= 0.6 is 0 Å². The Bertz CT molecular complexity index is 519. The van der Waals surface area contributed by atoms with Crippen LogP contribution < -0.4 is 5.32 Å². The van der Waals surface area contributed by atoms with Crippen molar-refractivity contribution in [1.29, 1.82) is 0 Å². The number of nitrogens with one attached hydrogen (secondary N) is 1. The van der Waals surface area contributed by atoms with Gasteiger partial charge in [0.2, 0.25) is 17.7 Å². The molecule has 174 valence electrons. The van der Waals surface area contributed by atoms with E-state index in [2.05, 4.69) is 20.0 Å². The van der Waals surface area contributed by atoms with Crippen molar-refractivity contribution in [3.63, 3.8) is 0 Å². The Labute approximate surface area is 181 Å². The van der Waals surface area contributed by atoms with Gasteiger partial charge >= 0.3 is 0 Å². The number of carbonyl (C=O) groups is 3. The van der Waals surface area contributed by atoms with E-state index in [0.717, 1.165) is 26.2 Å². The SMILES string of the molecule is CN(C)C(=O)CN1CCNCCN(CC(=O)N(C)C)CCN(CC(=O)N(C)C)CC1. The second kappa shape index (κ2) is 13.5. The average Bonchev–Trinajstić information content (AvgIpc) is 2.66. The summed E-state index contributed by atoms with van der Waals surface area (Å²) < 4.78 is 0. The Balaban J connectivity index is 2.83. The van der Waals surface area contributed by atoms with Gasteiger partial charge in [-0.25, -0.2) is 0 Å². The number of likely N-dealkylation sites (N-methyl/N-ethyl adjacent to an activating group) is 3. The van der Waals surface area contributed by atoms with Crippen molar-refractivity contribution in [1.82, 2.24) is 34.7 Å². The molecule has 0 radical (unpaired) electrons. The fourth-order valence-electron chi connectivity index (χ4n) is 2.97. The lowest BCUT2D eigenvalue weighted by atomic mass is 10.3. The number of carbonyl (C=O) groups excluding carboxylic acids is 3. The van der Waals surface area contributed by atoms with E-state index < -0.39 is 0 Å².